The average molecular weight is 1290 g/mol. The summed E-state index contributed by atoms with van der Waals surface area (Å²) in [6.07, 6.45) is 16.8. The summed E-state index contributed by atoms with van der Waals surface area (Å²) in [5.41, 5.74) is 5.73. The van der Waals surface area contributed by atoms with Crippen molar-refractivity contribution in [2.75, 3.05) is 98.9 Å². The Hall–Kier alpha value is -6.78. The number of nitrogen functional groups attached to an aromatic ring is 1. The minimum Gasteiger partial charge on any atom is -0.494 e. The number of fused-ring (bicyclic) bond motifs is 1. The van der Waals surface area contributed by atoms with Crippen LogP contribution in [0.5, 0.6) is 5.75 Å². The van der Waals surface area contributed by atoms with Gasteiger partial charge in [-0.15, -0.1) is 11.3 Å². The van der Waals surface area contributed by atoms with Gasteiger partial charge in [0.2, 0.25) is 41.4 Å². The molecular formula is C63H99N9O17S. The van der Waals surface area contributed by atoms with Gasteiger partial charge in [0.15, 0.2) is 0 Å². The van der Waals surface area contributed by atoms with Gasteiger partial charge in [-0.3, -0.25) is 43.8 Å². The predicted octanol–water partition coefficient (Wildman–Crippen LogP) is 4.65. The number of hydrogen-bond donors (Lipinski definition) is 10. The number of thiophene rings is 1. The molecule has 90 heavy (non-hydrogen) atoms. The Morgan fingerprint density at radius 3 is 1.69 bits per heavy atom. The highest BCUT2D eigenvalue weighted by Gasteiger charge is 2.67. The van der Waals surface area contributed by atoms with Crippen molar-refractivity contribution in [3.05, 3.63) is 52.2 Å². The number of rotatable bonds is 54. The van der Waals surface area contributed by atoms with E-state index in [0.717, 1.165) is 56.2 Å². The lowest BCUT2D eigenvalue weighted by Crippen LogP contribution is -2.51. The van der Waals surface area contributed by atoms with E-state index in [-0.39, 0.29) is 178 Å². The van der Waals surface area contributed by atoms with Crippen molar-refractivity contribution < 1.29 is 81.8 Å². The summed E-state index contributed by atoms with van der Waals surface area (Å²) in [6.45, 7) is 3.49. The molecule has 2 heterocycles. The Kier molecular flexibility index (Phi) is 37.5. The molecule has 1 aromatic heterocycles. The number of nitrogens with one attached hydrogen (secondary N) is 7. The van der Waals surface area contributed by atoms with E-state index in [4.69, 9.17) is 44.7 Å². The monoisotopic (exact) mass is 1290 g/mol. The fraction of sp³-hybridized carbons (Fsp3) is 0.683. The molecule has 1 aromatic carbocycles. The van der Waals surface area contributed by atoms with Gasteiger partial charge >= 0.3 is 11.9 Å². The molecule has 2 fully saturated rings. The smallest absolute Gasteiger partial charge is 0.326 e. The highest BCUT2D eigenvalue weighted by atomic mass is 32.1. The second-order valence-corrected chi connectivity index (χ2v) is 23.7. The van der Waals surface area contributed by atoms with Gasteiger partial charge in [-0.25, -0.2) is 4.79 Å². The Morgan fingerprint density at radius 2 is 1.13 bits per heavy atom. The van der Waals surface area contributed by atoms with Crippen molar-refractivity contribution >= 4 is 70.5 Å². The first kappa shape index (κ1) is 75.7. The maximum atomic E-state index is 13.8. The number of carbonyl (C=O) groups excluding carboxylic acids is 7. The van der Waals surface area contributed by atoms with Gasteiger partial charge in [0.05, 0.1) is 72.0 Å². The molecule has 1 aliphatic heterocycles. The molecule has 1 saturated heterocycles. The zero-order valence-corrected chi connectivity index (χ0v) is 53.3. The minimum atomic E-state index is -1.20. The minimum absolute atomic E-state index is 0.0480. The van der Waals surface area contributed by atoms with Crippen molar-refractivity contribution in [3.8, 4) is 5.75 Å². The number of amidine groups is 1. The summed E-state index contributed by atoms with van der Waals surface area (Å²) in [7, 11) is 0. The molecule has 0 bridgehead atoms. The van der Waals surface area contributed by atoms with Crippen LogP contribution in [-0.4, -0.2) is 191 Å². The van der Waals surface area contributed by atoms with Crippen LogP contribution in [0.3, 0.4) is 0 Å². The lowest BCUT2D eigenvalue weighted by atomic mass is 10.00. The molecule has 5 atom stereocenters. The summed E-state index contributed by atoms with van der Waals surface area (Å²) in [6, 6.07) is 8.34. The second-order valence-electron chi connectivity index (χ2n) is 22.8. The molecule has 504 valence electrons. The first-order valence-corrected chi connectivity index (χ1v) is 32.8. The number of likely N-dealkylation sites (tertiary alicyclic amines) is 1. The topological polar surface area (TPSA) is 375 Å². The van der Waals surface area contributed by atoms with Crippen LogP contribution in [-0.2, 0) is 66.8 Å². The number of amides is 7. The Bertz CT molecular complexity index is 2510. The number of ether oxygens (including phenoxy) is 6. The number of aliphatic carboxylic acids is 2. The van der Waals surface area contributed by atoms with E-state index >= 15 is 0 Å². The van der Waals surface area contributed by atoms with Crippen molar-refractivity contribution in [2.24, 2.45) is 11.1 Å². The van der Waals surface area contributed by atoms with E-state index in [2.05, 4.69) is 31.9 Å². The molecule has 7 amide bonds. The Balaban J connectivity index is 0.943. The summed E-state index contributed by atoms with van der Waals surface area (Å²) in [5, 5.41) is 44.1. The van der Waals surface area contributed by atoms with E-state index in [1.165, 1.54) is 43.4 Å². The van der Waals surface area contributed by atoms with Crippen LogP contribution in [0.2, 0.25) is 0 Å². The highest BCUT2D eigenvalue weighted by Crippen LogP contribution is 2.59. The molecule has 27 heteroatoms. The van der Waals surface area contributed by atoms with E-state index in [1.54, 1.807) is 16.3 Å². The summed E-state index contributed by atoms with van der Waals surface area (Å²) < 4.78 is 33.3. The van der Waals surface area contributed by atoms with Crippen LogP contribution in [0.4, 0.5) is 0 Å². The number of nitrogens with zero attached hydrogens (tertiary/aromatic N) is 1. The zero-order valence-electron chi connectivity index (χ0n) is 52.5. The van der Waals surface area contributed by atoms with Crippen LogP contribution in [0, 0.1) is 10.8 Å². The first-order valence-electron chi connectivity index (χ1n) is 31.9. The number of unbranched alkanes of at least 4 members (excludes halogenated alkanes) is 13. The molecule has 4 rings (SSSR count). The number of nitrogens with two attached hydrogens (primary N) is 1. The molecule has 11 N–H and O–H groups in total. The van der Waals surface area contributed by atoms with Gasteiger partial charge in [-0.1, -0.05) is 95.2 Å². The van der Waals surface area contributed by atoms with E-state index in [1.807, 2.05) is 37.3 Å². The number of carboxylic acids is 2. The maximum Gasteiger partial charge on any atom is 0.326 e. The normalized spacial score (nSPS) is 16.3. The third kappa shape index (κ3) is 32.3. The van der Waals surface area contributed by atoms with Crippen molar-refractivity contribution in [2.45, 2.75) is 172 Å². The van der Waals surface area contributed by atoms with E-state index in [9.17, 15) is 48.3 Å². The van der Waals surface area contributed by atoms with Crippen molar-refractivity contribution in [3.63, 3.8) is 0 Å². The summed E-state index contributed by atoms with van der Waals surface area (Å²) in [5.74, 6) is -3.76. The highest BCUT2D eigenvalue weighted by molar-refractivity contribution is 7.10. The Labute approximate surface area is 532 Å². The van der Waals surface area contributed by atoms with Gasteiger partial charge in [0.1, 0.15) is 36.9 Å². The quantitative estimate of drug-likeness (QED) is 0.0245. The van der Waals surface area contributed by atoms with E-state index in [0.29, 0.717) is 43.6 Å². The third-order valence-corrected chi connectivity index (χ3v) is 16.5. The van der Waals surface area contributed by atoms with Crippen molar-refractivity contribution in [1.82, 2.24) is 36.8 Å². The second kappa shape index (κ2) is 44.6. The molecule has 2 aromatic rings. The predicted molar refractivity (Wildman–Crippen MR) is 336 cm³/mol. The van der Waals surface area contributed by atoms with Crippen LogP contribution < -0.4 is 42.4 Å². The molecule has 1 saturated carbocycles. The molecule has 1 aliphatic carbocycles. The van der Waals surface area contributed by atoms with E-state index < -0.39 is 35.5 Å². The number of carbonyl (C=O) groups is 9. The third-order valence-electron chi connectivity index (χ3n) is 15.4. The van der Waals surface area contributed by atoms with Crippen molar-refractivity contribution in [1.29, 1.82) is 5.41 Å². The molecule has 2 unspecified atom stereocenters. The van der Waals surface area contributed by atoms with Crippen LogP contribution >= 0.6 is 11.3 Å². The number of benzene rings is 1. The molecule has 0 spiro atoms. The average Bonchev–Trinajstić information content (AvgIpc) is 1.56. The SMILES string of the molecule is CC(NC(=O)[C@@H]1C[C@]2(COCCNC(=O)COCCOCCNC(=O)COCCOCCNC(=O)CCC(NC(=O)CCCCCCCCCCCCCCCCC(=O)O)C(=O)O)C[C@@H]2N1C(=O)CNC(=O)CCCOc1ccccc1)c1cc(C(=N)N)cs1. The largest absolute Gasteiger partial charge is 0.494 e. The lowest BCUT2D eigenvalue weighted by Gasteiger charge is -2.28. The fourth-order valence-electron chi connectivity index (χ4n) is 10.3. The van der Waals surface area contributed by atoms with Gasteiger partial charge in [0, 0.05) is 72.6 Å². The molecule has 2 aliphatic rings. The number of piperidine rings is 1. The maximum absolute atomic E-state index is 13.8. The molecular weight excluding hydrogens is 1190 g/mol. The van der Waals surface area contributed by atoms with Crippen LogP contribution in [0.15, 0.2) is 41.8 Å². The summed E-state index contributed by atoms with van der Waals surface area (Å²) in [4.78, 5) is 114. The standard InChI is InChI=1S/C63H99N9O17S/c1-46(51-38-47(44-90-51)60(64)65)70-61(81)50-39-63(40-52(63)72(50)58(78)41-69-53(73)23-19-30-89-48-20-15-14-16-21-48)45-88-33-29-68-57(77)43-87-37-35-85-32-28-67-56(76)42-86-36-34-84-31-27-66-54(74)26-25-49(62(82)83)71-55(75)22-17-12-10-8-6-4-2-3-5-7-9-11-13-18-24-59(79)80/h14-16,20-21,38,44,46,49-50,52H,2-13,17-19,22-37,39-43,45H2,1H3,(H3,64,65)(H,66,74)(H,67,76)(H,68,77)(H,69,73)(H,70,81)(H,71,75)(H,79,80)(H,82,83)/t46?,49?,50-,52-,63+/m0/s1. The molecule has 0 radical (unpaired) electrons. The van der Waals surface area contributed by atoms with Gasteiger partial charge in [-0.05, 0) is 63.6 Å². The van der Waals surface area contributed by atoms with Crippen LogP contribution in [0.25, 0.3) is 0 Å². The lowest BCUT2D eigenvalue weighted by molar-refractivity contribution is -0.142. The van der Waals surface area contributed by atoms with Gasteiger partial charge < -0.3 is 81.2 Å². The van der Waals surface area contributed by atoms with Crippen LogP contribution in [0.1, 0.15) is 165 Å². The van der Waals surface area contributed by atoms with Gasteiger partial charge in [0.25, 0.3) is 0 Å². The first-order chi connectivity index (χ1) is 43.5. The number of hydrogen-bond acceptors (Lipinski definition) is 17. The Morgan fingerprint density at radius 1 is 0.611 bits per heavy atom. The van der Waals surface area contributed by atoms with Gasteiger partial charge in [-0.2, -0.15) is 0 Å². The fourth-order valence-corrected chi connectivity index (χ4v) is 11.2. The summed E-state index contributed by atoms with van der Waals surface area (Å²) >= 11 is 1.37. The number of carboxylic acid groups (broad SMARTS) is 2. The molecule has 26 nitrogen and oxygen atoms in total. The number of para-hydroxylation sites is 1. The zero-order chi connectivity index (χ0) is 65.2.